The van der Waals surface area contributed by atoms with Gasteiger partial charge in [-0.15, -0.1) is 0 Å². The number of hydrogen-bond donors (Lipinski definition) is 1. The molecular weight excluding hydrogens is 332 g/mol. The lowest BCUT2D eigenvalue weighted by atomic mass is 9.49. The molecule has 0 unspecified atom stereocenters. The van der Waals surface area contributed by atoms with Crippen molar-refractivity contribution in [2.75, 3.05) is 0 Å². The summed E-state index contributed by atoms with van der Waals surface area (Å²) in [5.74, 6) is 2.95. The van der Waals surface area contributed by atoms with Gasteiger partial charge in [-0.3, -0.25) is 4.79 Å². The maximum atomic E-state index is 11.9. The molecule has 0 aliphatic heterocycles. The molecule has 0 bridgehead atoms. The van der Waals surface area contributed by atoms with Crippen LogP contribution in [0.2, 0.25) is 0 Å². The van der Waals surface area contributed by atoms with E-state index in [4.69, 9.17) is 0 Å². The van der Waals surface area contributed by atoms with Gasteiger partial charge in [-0.1, -0.05) is 39.0 Å². The molecule has 27 heavy (non-hydrogen) atoms. The topological polar surface area (TPSA) is 37.3 Å². The molecule has 3 saturated carbocycles. The molecule has 1 N–H and O–H groups in total. The molecular formula is C25H38O2. The first-order chi connectivity index (χ1) is 12.7. The second-order valence-electron chi connectivity index (χ2n) is 11.2. The first-order valence-electron chi connectivity index (χ1n) is 11.2. The minimum atomic E-state index is -0.342. The largest absolute Gasteiger partial charge is 0.392 e. The predicted molar refractivity (Wildman–Crippen MR) is 110 cm³/mol. The quantitative estimate of drug-likeness (QED) is 0.510. The summed E-state index contributed by atoms with van der Waals surface area (Å²) in [5.41, 5.74) is 2.99. The Morgan fingerprint density at radius 3 is 2.63 bits per heavy atom. The summed E-state index contributed by atoms with van der Waals surface area (Å²) in [6, 6.07) is 0. The lowest BCUT2D eigenvalue weighted by molar-refractivity contribution is -0.106. The van der Waals surface area contributed by atoms with Crippen molar-refractivity contribution in [3.05, 3.63) is 23.8 Å². The van der Waals surface area contributed by atoms with E-state index < -0.39 is 0 Å². The van der Waals surface area contributed by atoms with E-state index in [2.05, 4.69) is 40.3 Å². The Bertz CT molecular complexity index is 663. The molecule has 2 heteroatoms. The average Bonchev–Trinajstić information content (AvgIpc) is 3.07. The average molecular weight is 371 g/mol. The Balaban J connectivity index is 1.77. The van der Waals surface area contributed by atoms with Crippen LogP contribution >= 0.6 is 0 Å². The van der Waals surface area contributed by atoms with E-state index in [1.807, 2.05) is 0 Å². The maximum absolute atomic E-state index is 11.9. The van der Waals surface area contributed by atoms with Crippen LogP contribution in [0.3, 0.4) is 0 Å². The second-order valence-corrected chi connectivity index (χ2v) is 11.2. The lowest BCUT2D eigenvalue weighted by Crippen LogP contribution is -2.48. The Labute approximate surface area is 165 Å². The summed E-state index contributed by atoms with van der Waals surface area (Å²) >= 11 is 0. The van der Waals surface area contributed by atoms with Crippen LogP contribution in [0, 0.1) is 46.3 Å². The standard InChI is InChI=1S/C25H38O2/c1-15(2)18-8-9-24(4)10-11-25(5)13-19-16(3)12-21(27)22(19)17(14-26)6-7-20(25)23(18)24/h6,14,16,18-23,27H,1,7-13H2,2-5H3/t16-,18+,19-,20-,21+,22-,23-,24-,25+/m0/s1. The highest BCUT2D eigenvalue weighted by Crippen LogP contribution is 2.66. The molecule has 0 aromatic rings. The zero-order valence-electron chi connectivity index (χ0n) is 17.7. The third kappa shape index (κ3) is 2.89. The summed E-state index contributed by atoms with van der Waals surface area (Å²) in [5, 5.41) is 10.7. The van der Waals surface area contributed by atoms with E-state index in [0.717, 1.165) is 24.7 Å². The van der Waals surface area contributed by atoms with Gasteiger partial charge in [-0.05, 0) is 97.9 Å². The Morgan fingerprint density at radius 1 is 1.26 bits per heavy atom. The van der Waals surface area contributed by atoms with Crippen LogP contribution in [0.15, 0.2) is 23.8 Å². The van der Waals surface area contributed by atoms with Gasteiger partial charge in [0.25, 0.3) is 0 Å². The van der Waals surface area contributed by atoms with Crippen molar-refractivity contribution in [3.63, 3.8) is 0 Å². The smallest absolute Gasteiger partial charge is 0.146 e. The second kappa shape index (κ2) is 6.58. The summed E-state index contributed by atoms with van der Waals surface area (Å²) < 4.78 is 0. The van der Waals surface area contributed by atoms with Crippen molar-refractivity contribution in [2.24, 2.45) is 46.3 Å². The van der Waals surface area contributed by atoms with Gasteiger partial charge < -0.3 is 5.11 Å². The number of aliphatic hydroxyl groups excluding tert-OH is 1. The summed E-state index contributed by atoms with van der Waals surface area (Å²) in [7, 11) is 0. The van der Waals surface area contributed by atoms with E-state index in [1.54, 1.807) is 0 Å². The van der Waals surface area contributed by atoms with E-state index in [9.17, 15) is 9.90 Å². The van der Waals surface area contributed by atoms with Crippen LogP contribution in [0.4, 0.5) is 0 Å². The highest BCUT2D eigenvalue weighted by atomic mass is 16.3. The molecule has 4 rings (SSSR count). The minimum absolute atomic E-state index is 0.0594. The monoisotopic (exact) mass is 370 g/mol. The predicted octanol–water partition coefficient (Wildman–Crippen LogP) is 5.56. The van der Waals surface area contributed by atoms with E-state index >= 15 is 0 Å². The Morgan fingerprint density at radius 2 is 1.96 bits per heavy atom. The fourth-order valence-electron chi connectivity index (χ4n) is 8.01. The first-order valence-corrected chi connectivity index (χ1v) is 11.2. The number of carbonyl (C=O) groups excluding carboxylic acids is 1. The third-order valence-corrected chi connectivity index (χ3v) is 9.54. The highest BCUT2D eigenvalue weighted by molar-refractivity contribution is 5.74. The molecule has 4 aliphatic carbocycles. The molecule has 0 amide bonds. The van der Waals surface area contributed by atoms with Gasteiger partial charge in [0.2, 0.25) is 0 Å². The Kier molecular flexibility index (Phi) is 4.73. The van der Waals surface area contributed by atoms with Gasteiger partial charge in [0, 0.05) is 5.92 Å². The van der Waals surface area contributed by atoms with Crippen LogP contribution in [0.1, 0.15) is 72.6 Å². The number of aliphatic hydroxyl groups is 1. The molecule has 0 aromatic heterocycles. The van der Waals surface area contributed by atoms with Crippen LogP contribution in [-0.2, 0) is 4.79 Å². The van der Waals surface area contributed by atoms with Crippen LogP contribution < -0.4 is 0 Å². The number of fused-ring (bicyclic) bond motifs is 4. The fourth-order valence-corrected chi connectivity index (χ4v) is 8.01. The number of hydrogen-bond acceptors (Lipinski definition) is 2. The normalized spacial score (nSPS) is 52.0. The van der Waals surface area contributed by atoms with Gasteiger partial charge in [0.05, 0.1) is 6.10 Å². The third-order valence-electron chi connectivity index (χ3n) is 9.54. The summed E-state index contributed by atoms with van der Waals surface area (Å²) in [6.45, 7) is 13.9. The number of aldehydes is 1. The molecule has 150 valence electrons. The van der Waals surface area contributed by atoms with Crippen molar-refractivity contribution < 1.29 is 9.90 Å². The molecule has 0 aromatic carbocycles. The molecule has 0 spiro atoms. The van der Waals surface area contributed by atoms with Gasteiger partial charge >= 0.3 is 0 Å². The van der Waals surface area contributed by atoms with Crippen molar-refractivity contribution in [1.29, 1.82) is 0 Å². The maximum Gasteiger partial charge on any atom is 0.146 e. The van der Waals surface area contributed by atoms with Gasteiger partial charge in [-0.2, -0.15) is 0 Å². The highest BCUT2D eigenvalue weighted by Gasteiger charge is 2.58. The number of rotatable bonds is 2. The summed E-state index contributed by atoms with van der Waals surface area (Å²) in [6.07, 6.45) is 11.2. The molecule has 0 heterocycles. The number of allylic oxidation sites excluding steroid dienone is 2. The Hall–Kier alpha value is -0.890. The van der Waals surface area contributed by atoms with Crippen molar-refractivity contribution in [1.82, 2.24) is 0 Å². The summed E-state index contributed by atoms with van der Waals surface area (Å²) in [4.78, 5) is 11.9. The van der Waals surface area contributed by atoms with E-state index in [1.165, 1.54) is 37.7 Å². The van der Waals surface area contributed by atoms with Crippen molar-refractivity contribution in [3.8, 4) is 0 Å². The van der Waals surface area contributed by atoms with Gasteiger partial charge in [-0.25, -0.2) is 0 Å². The molecule has 0 radical (unpaired) electrons. The lowest BCUT2D eigenvalue weighted by Gasteiger charge is -2.56. The van der Waals surface area contributed by atoms with Crippen molar-refractivity contribution in [2.45, 2.75) is 78.7 Å². The number of carbonyl (C=O) groups is 1. The first kappa shape index (κ1) is 19.4. The zero-order valence-corrected chi connectivity index (χ0v) is 17.7. The van der Waals surface area contributed by atoms with Crippen molar-refractivity contribution >= 4 is 6.29 Å². The fraction of sp³-hybridized carbons (Fsp3) is 0.800. The van der Waals surface area contributed by atoms with Crippen LogP contribution in [0.25, 0.3) is 0 Å². The zero-order chi connectivity index (χ0) is 19.6. The van der Waals surface area contributed by atoms with Crippen LogP contribution in [-0.4, -0.2) is 17.5 Å². The molecule has 3 fully saturated rings. The molecule has 0 saturated heterocycles. The molecule has 2 nitrogen and oxygen atoms in total. The molecule has 9 atom stereocenters. The SMILES string of the molecule is C=C(C)[C@H]1CC[C@@]2(C)CC[C@]3(C)C[C@@H]4[C@H](C(C=O)=CC[C@H]3[C@H]12)[C@H](O)C[C@@H]4C. The van der Waals surface area contributed by atoms with E-state index in [0.29, 0.717) is 40.4 Å². The van der Waals surface area contributed by atoms with Gasteiger partial charge in [0.15, 0.2) is 0 Å². The van der Waals surface area contributed by atoms with Crippen LogP contribution in [0.5, 0.6) is 0 Å². The van der Waals surface area contributed by atoms with Gasteiger partial charge in [0.1, 0.15) is 6.29 Å². The molecule has 4 aliphatic rings. The minimum Gasteiger partial charge on any atom is -0.392 e. The van der Waals surface area contributed by atoms with E-state index in [-0.39, 0.29) is 12.0 Å².